The summed E-state index contributed by atoms with van der Waals surface area (Å²) in [5, 5.41) is 21.1. The lowest BCUT2D eigenvalue weighted by Crippen LogP contribution is -2.04. The van der Waals surface area contributed by atoms with Crippen LogP contribution in [0.2, 0.25) is 0 Å². The fourth-order valence-electron chi connectivity index (χ4n) is 4.41. The monoisotopic (exact) mass is 410 g/mol. The Hall–Kier alpha value is -1.96. The van der Waals surface area contributed by atoms with E-state index in [4.69, 9.17) is 0 Å². The average molecular weight is 411 g/mol. The largest absolute Gasteiger partial charge is 0.507 e. The van der Waals surface area contributed by atoms with Gasteiger partial charge in [-0.15, -0.1) is 0 Å². The van der Waals surface area contributed by atoms with Crippen LogP contribution in [-0.4, -0.2) is 10.2 Å². The van der Waals surface area contributed by atoms with E-state index in [1.807, 2.05) is 12.1 Å². The average Bonchev–Trinajstić information content (AvgIpc) is 2.76. The predicted octanol–water partition coefficient (Wildman–Crippen LogP) is 8.28. The van der Waals surface area contributed by atoms with E-state index in [0.29, 0.717) is 11.8 Å². The zero-order valence-electron chi connectivity index (χ0n) is 19.6. The molecule has 2 rings (SSSR count). The second-order valence-electron chi connectivity index (χ2n) is 8.94. The molecule has 2 aromatic rings. The highest BCUT2D eigenvalue weighted by atomic mass is 16.3. The quantitative estimate of drug-likeness (QED) is 0.349. The van der Waals surface area contributed by atoms with Crippen molar-refractivity contribution in [3.63, 3.8) is 0 Å². The highest BCUT2D eigenvalue weighted by Gasteiger charge is 2.15. The molecule has 0 heterocycles. The van der Waals surface area contributed by atoms with Crippen LogP contribution in [0.3, 0.4) is 0 Å². The molecule has 0 saturated heterocycles. The first-order valence-electron chi connectivity index (χ1n) is 12.2. The molecule has 30 heavy (non-hydrogen) atoms. The number of aromatic hydroxyl groups is 2. The fourth-order valence-corrected chi connectivity index (χ4v) is 4.41. The summed E-state index contributed by atoms with van der Waals surface area (Å²) in [5.74, 6) is 1.83. The van der Waals surface area contributed by atoms with Crippen molar-refractivity contribution in [3.8, 4) is 22.6 Å². The third-order valence-electron chi connectivity index (χ3n) is 6.55. The Morgan fingerprint density at radius 1 is 0.633 bits per heavy atom. The summed E-state index contributed by atoms with van der Waals surface area (Å²) >= 11 is 0. The molecule has 2 atom stereocenters. The first-order valence-corrected chi connectivity index (χ1v) is 12.2. The highest BCUT2D eigenvalue weighted by Crippen LogP contribution is 2.38. The molecule has 2 aromatic carbocycles. The molecule has 2 N–H and O–H groups in total. The van der Waals surface area contributed by atoms with Gasteiger partial charge in [-0.2, -0.15) is 0 Å². The highest BCUT2D eigenvalue weighted by molar-refractivity contribution is 5.76. The summed E-state index contributed by atoms with van der Waals surface area (Å²) in [7, 11) is 0. The minimum atomic E-state index is 0.242. The SMILES string of the molecule is CCCCC(CC)Cc1ccc(O)c(-c2cc(CC(CC)CCCC)ccc2O)c1. The summed E-state index contributed by atoms with van der Waals surface area (Å²) in [4.78, 5) is 0. The smallest absolute Gasteiger partial charge is 0.123 e. The molecule has 0 aliphatic carbocycles. The van der Waals surface area contributed by atoms with Crippen molar-refractivity contribution in [1.29, 1.82) is 0 Å². The fraction of sp³-hybridized carbons (Fsp3) is 0.571. The van der Waals surface area contributed by atoms with Gasteiger partial charge in [-0.1, -0.05) is 91.2 Å². The van der Waals surface area contributed by atoms with E-state index in [2.05, 4.69) is 39.8 Å². The Balaban J connectivity index is 2.27. The number of unbranched alkanes of at least 4 members (excludes halogenated alkanes) is 2. The first kappa shape index (κ1) is 24.3. The van der Waals surface area contributed by atoms with E-state index in [-0.39, 0.29) is 11.5 Å². The van der Waals surface area contributed by atoms with Gasteiger partial charge in [0.1, 0.15) is 11.5 Å². The Bertz CT molecular complexity index is 700. The molecule has 0 amide bonds. The van der Waals surface area contributed by atoms with Gasteiger partial charge >= 0.3 is 0 Å². The van der Waals surface area contributed by atoms with Crippen LogP contribution in [0.4, 0.5) is 0 Å². The van der Waals surface area contributed by atoms with Crippen molar-refractivity contribution in [3.05, 3.63) is 47.5 Å². The van der Waals surface area contributed by atoms with Gasteiger partial charge in [0.15, 0.2) is 0 Å². The van der Waals surface area contributed by atoms with Gasteiger partial charge in [0.25, 0.3) is 0 Å². The molecule has 2 unspecified atom stereocenters. The van der Waals surface area contributed by atoms with E-state index >= 15 is 0 Å². The maximum absolute atomic E-state index is 10.6. The van der Waals surface area contributed by atoms with Crippen LogP contribution in [0.15, 0.2) is 36.4 Å². The summed E-state index contributed by atoms with van der Waals surface area (Å²) in [6, 6.07) is 11.8. The van der Waals surface area contributed by atoms with Crippen LogP contribution in [-0.2, 0) is 12.8 Å². The van der Waals surface area contributed by atoms with Crippen molar-refractivity contribution < 1.29 is 10.2 Å². The van der Waals surface area contributed by atoms with Crippen molar-refractivity contribution in [2.45, 2.75) is 91.9 Å². The minimum Gasteiger partial charge on any atom is -0.507 e. The molecule has 0 bridgehead atoms. The summed E-state index contributed by atoms with van der Waals surface area (Å²) in [5.41, 5.74) is 3.98. The van der Waals surface area contributed by atoms with Gasteiger partial charge in [0.05, 0.1) is 0 Å². The summed E-state index contributed by atoms with van der Waals surface area (Å²) < 4.78 is 0. The maximum Gasteiger partial charge on any atom is 0.123 e. The lowest BCUT2D eigenvalue weighted by molar-refractivity contribution is 0.447. The molecular weight excluding hydrogens is 368 g/mol. The predicted molar refractivity (Wildman–Crippen MR) is 129 cm³/mol. The maximum atomic E-state index is 10.6. The molecule has 2 nitrogen and oxygen atoms in total. The van der Waals surface area contributed by atoms with E-state index in [1.165, 1.54) is 62.5 Å². The number of rotatable bonds is 13. The normalized spacial score (nSPS) is 13.3. The molecule has 0 aromatic heterocycles. The lowest BCUT2D eigenvalue weighted by Gasteiger charge is -2.17. The number of phenols is 2. The van der Waals surface area contributed by atoms with Crippen LogP contribution in [0, 0.1) is 11.8 Å². The van der Waals surface area contributed by atoms with E-state index in [1.54, 1.807) is 12.1 Å². The van der Waals surface area contributed by atoms with Crippen LogP contribution < -0.4 is 0 Å². The van der Waals surface area contributed by atoms with Gasteiger partial charge < -0.3 is 10.2 Å². The Kier molecular flexibility index (Phi) is 10.3. The van der Waals surface area contributed by atoms with Gasteiger partial charge in [-0.3, -0.25) is 0 Å². The van der Waals surface area contributed by atoms with Crippen LogP contribution in [0.25, 0.3) is 11.1 Å². The van der Waals surface area contributed by atoms with Gasteiger partial charge in [0, 0.05) is 11.1 Å². The van der Waals surface area contributed by atoms with Crippen LogP contribution >= 0.6 is 0 Å². The van der Waals surface area contributed by atoms with Crippen molar-refractivity contribution in [1.82, 2.24) is 0 Å². The minimum absolute atomic E-state index is 0.242. The van der Waals surface area contributed by atoms with Gasteiger partial charge in [-0.05, 0) is 60.1 Å². The van der Waals surface area contributed by atoms with E-state index in [9.17, 15) is 10.2 Å². The number of hydrogen-bond acceptors (Lipinski definition) is 2. The standard InChI is InChI=1S/C28H42O2/c1-5-9-11-21(7-3)17-23-13-15-27(29)25(19-23)26-20-24(14-16-28(26)30)18-22(8-4)12-10-6-2/h13-16,19-22,29-30H,5-12,17-18H2,1-4H3. The Morgan fingerprint density at radius 3 is 1.37 bits per heavy atom. The summed E-state index contributed by atoms with van der Waals surface area (Å²) in [6.07, 6.45) is 11.9. The Morgan fingerprint density at radius 2 is 1.03 bits per heavy atom. The van der Waals surface area contributed by atoms with Crippen molar-refractivity contribution >= 4 is 0 Å². The third kappa shape index (κ3) is 7.07. The summed E-state index contributed by atoms with van der Waals surface area (Å²) in [6.45, 7) is 9.01. The van der Waals surface area contributed by atoms with Gasteiger partial charge in [-0.25, -0.2) is 0 Å². The molecule has 0 saturated carbocycles. The third-order valence-corrected chi connectivity index (χ3v) is 6.55. The van der Waals surface area contributed by atoms with E-state index in [0.717, 1.165) is 24.0 Å². The molecular formula is C28H42O2. The number of hydrogen-bond donors (Lipinski definition) is 2. The van der Waals surface area contributed by atoms with Crippen molar-refractivity contribution in [2.75, 3.05) is 0 Å². The second-order valence-corrected chi connectivity index (χ2v) is 8.94. The molecule has 0 radical (unpaired) electrons. The molecule has 2 heteroatoms. The molecule has 0 spiro atoms. The second kappa shape index (κ2) is 12.7. The zero-order chi connectivity index (χ0) is 21.9. The van der Waals surface area contributed by atoms with Crippen LogP contribution in [0.5, 0.6) is 11.5 Å². The number of benzene rings is 2. The zero-order valence-corrected chi connectivity index (χ0v) is 19.6. The van der Waals surface area contributed by atoms with Crippen LogP contribution in [0.1, 0.15) is 90.2 Å². The topological polar surface area (TPSA) is 40.5 Å². The van der Waals surface area contributed by atoms with Crippen molar-refractivity contribution in [2.24, 2.45) is 11.8 Å². The van der Waals surface area contributed by atoms with Gasteiger partial charge in [0.2, 0.25) is 0 Å². The Labute approximate surface area is 184 Å². The lowest BCUT2D eigenvalue weighted by atomic mass is 9.88. The van der Waals surface area contributed by atoms with E-state index < -0.39 is 0 Å². The first-order chi connectivity index (χ1) is 14.5. The number of phenolic OH excluding ortho intramolecular Hbond substituents is 2. The molecule has 0 aliphatic heterocycles. The molecule has 166 valence electrons. The molecule has 0 aliphatic rings. The molecule has 0 fully saturated rings.